The molecule has 0 radical (unpaired) electrons. The summed E-state index contributed by atoms with van der Waals surface area (Å²) < 4.78 is 145. The molecule has 4 atom stereocenters. The topological polar surface area (TPSA) is 222 Å². The van der Waals surface area contributed by atoms with Gasteiger partial charge in [0, 0.05) is 46.8 Å². The van der Waals surface area contributed by atoms with Gasteiger partial charge in [0.2, 0.25) is 15.9 Å². The molecule has 0 saturated carbocycles. The van der Waals surface area contributed by atoms with Crippen LogP contribution in [0.15, 0.2) is 188 Å². The quantitative estimate of drug-likeness (QED) is 0.0820. The van der Waals surface area contributed by atoms with Gasteiger partial charge in [-0.1, -0.05) is 293 Å². The van der Waals surface area contributed by atoms with Crippen molar-refractivity contribution in [1.29, 1.82) is 0 Å². The van der Waals surface area contributed by atoms with Crippen molar-refractivity contribution in [2.24, 2.45) is 10.8 Å². The highest BCUT2D eigenvalue weighted by atomic mass is 31.2. The van der Waals surface area contributed by atoms with Gasteiger partial charge in [-0.3, -0.25) is 0 Å². The predicted octanol–water partition coefficient (Wildman–Crippen LogP) is 29.7. The molecule has 4 heterocycles. The van der Waals surface area contributed by atoms with Gasteiger partial charge in [0.25, 0.3) is 0 Å². The summed E-state index contributed by atoms with van der Waals surface area (Å²) in [6, 6.07) is 63.1. The van der Waals surface area contributed by atoms with Crippen LogP contribution in [-0.4, -0.2) is 52.9 Å². The van der Waals surface area contributed by atoms with Gasteiger partial charge >= 0.3 is 57.5 Å². The maximum Gasteiger partial charge on any atom is 0.697 e. The summed E-state index contributed by atoms with van der Waals surface area (Å²) >= 11 is 0. The monoisotopic (exact) mass is 1940 g/mol. The normalized spacial score (nSPS) is 19.1. The number of hydrogen-bond donors (Lipinski definition) is 0. The van der Waals surface area contributed by atoms with Gasteiger partial charge in [0.05, 0.1) is 24.0 Å². The van der Waals surface area contributed by atoms with E-state index in [1.807, 2.05) is 97.1 Å². The fourth-order valence-electron chi connectivity index (χ4n) is 14.2. The first-order valence-corrected chi connectivity index (χ1v) is 53.4. The van der Waals surface area contributed by atoms with Gasteiger partial charge < -0.3 is 18.1 Å². The summed E-state index contributed by atoms with van der Waals surface area (Å²) in [6.07, 6.45) is 0. The molecule has 27 heteroatoms. The van der Waals surface area contributed by atoms with E-state index in [1.54, 1.807) is 0 Å². The Labute approximate surface area is 788 Å². The van der Waals surface area contributed by atoms with Crippen LogP contribution < -0.4 is 43.8 Å². The second-order valence-corrected chi connectivity index (χ2v) is 53.4. The zero-order valence-corrected chi connectivity index (χ0v) is 89.7. The van der Waals surface area contributed by atoms with E-state index >= 15 is 0 Å². The van der Waals surface area contributed by atoms with Crippen molar-refractivity contribution in [1.82, 2.24) is 0 Å². The van der Waals surface area contributed by atoms with E-state index in [4.69, 9.17) is 58.8 Å². The van der Waals surface area contributed by atoms with Crippen molar-refractivity contribution < 1.29 is 86.2 Å². The number of rotatable bonds is 16. The summed E-state index contributed by atoms with van der Waals surface area (Å²) in [5.41, 5.74) is 14.7. The van der Waals surface area contributed by atoms with Gasteiger partial charge in [-0.25, -0.2) is 13.6 Å². The Balaban J connectivity index is 0.000000195. The van der Waals surface area contributed by atoms with Crippen molar-refractivity contribution in [2.45, 2.75) is 262 Å². The molecule has 4 unspecified atom stereocenters. The van der Waals surface area contributed by atoms with Crippen molar-refractivity contribution in [3.63, 3.8) is 0 Å². The first-order chi connectivity index (χ1) is 60.6. The Morgan fingerprint density at radius 2 is 0.489 bits per heavy atom. The summed E-state index contributed by atoms with van der Waals surface area (Å²) in [7, 11) is -13.5. The fraction of sp³-hybridized carbons (Fsp3) is 0.481. The zero-order chi connectivity index (χ0) is 96.8. The SMILES string of the molecule is CC(C)(C)c1ccc(OP2OCC3(CO2)CO[P+](=O)OC3)c(C(C)(C)C)c1.CC(C)(C)c1ccc(OPc2ccc(-c3ccc([P+](=O)Oc4ccc(C(C)(C)C)cc4C(C)(C)C)cc3)cc2)c(C(C)(C)C)c1.CC(C)(C)c1ccc(O[P+](=O)c2ccc(-c3ccc([P+](=O)Oc4ccc(C(C)(C)C)cc4C(C)(C)C)cc3)cc2)c(C(C)(C)C)c1.O=[P+]1OCC2(CO1)CO[P+](=O)OC2. The molecule has 702 valence electrons. The van der Waals surface area contributed by atoms with E-state index in [9.17, 15) is 27.4 Å². The summed E-state index contributed by atoms with van der Waals surface area (Å²) in [6.45, 7) is 68.1. The molecule has 0 N–H and O–H groups in total. The smallest absolute Gasteiger partial charge is 0.472 e. The Morgan fingerprint density at radius 3 is 0.733 bits per heavy atom. The summed E-state index contributed by atoms with van der Waals surface area (Å²) in [5.74, 6) is 3.72. The summed E-state index contributed by atoms with van der Waals surface area (Å²) in [5, 5.41) is 3.06. The average molecular weight is 1940 g/mol. The molecule has 4 aliphatic rings. The van der Waals surface area contributed by atoms with E-state index < -0.39 is 68.3 Å². The molecule has 4 fully saturated rings. The van der Waals surface area contributed by atoms with Crippen molar-refractivity contribution in [3.8, 4) is 51.0 Å². The van der Waals surface area contributed by atoms with Crippen molar-refractivity contribution in [3.05, 3.63) is 244 Å². The molecule has 2 spiro atoms. The van der Waals surface area contributed by atoms with Gasteiger partial charge in [-0.2, -0.15) is 0 Å². The van der Waals surface area contributed by atoms with Crippen LogP contribution in [0.2, 0.25) is 0 Å². The molecule has 0 amide bonds. The minimum Gasteiger partial charge on any atom is -0.472 e. The predicted molar refractivity (Wildman–Crippen MR) is 538 cm³/mol. The average Bonchev–Trinajstić information content (AvgIpc) is 0.807. The lowest BCUT2D eigenvalue weighted by molar-refractivity contribution is -0.0629. The molecule has 4 aliphatic heterocycles. The third-order valence-corrected chi connectivity index (χ3v) is 30.1. The molecule has 0 aliphatic carbocycles. The molecular formula is C104H138O19P8+6. The maximum absolute atomic E-state index is 13.3. The van der Waals surface area contributed by atoms with Gasteiger partial charge in [-0.05, 0) is 221 Å². The number of hydrogen-bond acceptors (Lipinski definition) is 19. The van der Waals surface area contributed by atoms with Gasteiger partial charge in [-0.15, -0.1) is 27.1 Å². The second-order valence-electron chi connectivity index (χ2n) is 44.7. The Hall–Kier alpha value is -6.88. The highest BCUT2D eigenvalue weighted by Gasteiger charge is 2.52. The van der Waals surface area contributed by atoms with Crippen molar-refractivity contribution >= 4 is 87.5 Å². The minimum atomic E-state index is -2.10. The highest BCUT2D eigenvalue weighted by Crippen LogP contribution is 2.53. The molecule has 9 aromatic carbocycles. The van der Waals surface area contributed by atoms with E-state index in [2.05, 4.69) is 299 Å². The zero-order valence-electron chi connectivity index (χ0n) is 82.4. The molecule has 0 aromatic heterocycles. The Bertz CT molecular complexity index is 5370. The molecule has 0 bridgehead atoms. The van der Waals surface area contributed by atoms with Crippen LogP contribution in [0.25, 0.3) is 22.3 Å². The first kappa shape index (κ1) is 106. The number of benzene rings is 9. The van der Waals surface area contributed by atoms with Gasteiger partial charge in [0.15, 0.2) is 17.2 Å². The van der Waals surface area contributed by atoms with Crippen LogP contribution >= 0.6 is 66.3 Å². The third kappa shape index (κ3) is 29.6. The van der Waals surface area contributed by atoms with E-state index in [-0.39, 0.29) is 89.4 Å². The van der Waals surface area contributed by atoms with Crippen LogP contribution in [0.3, 0.4) is 0 Å². The van der Waals surface area contributed by atoms with Crippen LogP contribution in [-0.2, 0) is 118 Å². The van der Waals surface area contributed by atoms with Crippen LogP contribution in [0.1, 0.15) is 263 Å². The lowest BCUT2D eigenvalue weighted by atomic mass is 9.80. The van der Waals surface area contributed by atoms with E-state index in [0.29, 0.717) is 59.6 Å². The van der Waals surface area contributed by atoms with Crippen LogP contribution in [0.5, 0.6) is 28.7 Å². The Kier molecular flexibility index (Phi) is 34.4. The van der Waals surface area contributed by atoms with Crippen LogP contribution in [0, 0.1) is 10.8 Å². The highest BCUT2D eigenvalue weighted by molar-refractivity contribution is 7.49. The molecule has 131 heavy (non-hydrogen) atoms. The standard InChI is InChI=1S/C40H50O4P2.C40H51O3P2.C19H29O6P2.C5H8O6P2/c1-37(2,3)29-17-23-35(33(25-29)39(7,8)9)43-45(41)31-19-13-27(14-20-31)28-15-21-32(22-16-28)46(42)44-36-24-18-30(38(4,5)6)26-34(36)40(10,11)12;1-37(2,3)29-17-23-35(33(25-29)39(7,8)9)42-44-31-19-13-27(14-20-31)28-15-21-32(22-16-28)45(41)43-36-24-18-30(38(4,5)6)26-34(36)40(10,11)12;1-17(2,3)14-7-8-16(15(9-14)18(4,5)6)25-27-23-12-19(13-24-27)10-21-26(20)22-11-19;6-12-8-1-5(2-9-12)3-10-13(7)11-4-5/h13-26H,1-12H3;13-26,44H,1-12H3;7-9H,10-13H2,1-6H3;1-4H2/q+2;2*+1;+2. The Morgan fingerprint density at radius 1 is 0.275 bits per heavy atom. The third-order valence-electron chi connectivity index (χ3n) is 22.9. The lowest BCUT2D eigenvalue weighted by Gasteiger charge is -2.36. The maximum atomic E-state index is 13.3. The van der Waals surface area contributed by atoms with E-state index in [1.165, 1.54) is 33.4 Å². The first-order valence-electron chi connectivity index (χ1n) is 44.5. The molecule has 19 nitrogen and oxygen atoms in total. The second kappa shape index (κ2) is 42.4. The van der Waals surface area contributed by atoms with Crippen molar-refractivity contribution in [2.75, 3.05) is 52.9 Å². The fourth-order valence-corrected chi connectivity index (χ4v) is 21.2. The lowest BCUT2D eigenvalue weighted by Crippen LogP contribution is -2.44. The molecule has 4 saturated heterocycles. The minimum absolute atomic E-state index is 0.00552. The van der Waals surface area contributed by atoms with Crippen LogP contribution in [0.4, 0.5) is 0 Å². The molecule has 13 rings (SSSR count). The largest absolute Gasteiger partial charge is 0.697 e. The van der Waals surface area contributed by atoms with E-state index in [0.717, 1.165) is 61.3 Å². The molecule has 9 aromatic rings. The molecular weight excluding hydrogens is 1800 g/mol. The van der Waals surface area contributed by atoms with Gasteiger partial charge in [0.1, 0.15) is 59.9 Å². The summed E-state index contributed by atoms with van der Waals surface area (Å²) in [4.78, 5) is 0.